The highest BCUT2D eigenvalue weighted by Crippen LogP contribution is 2.05. The molecule has 0 aromatic heterocycles. The third-order valence-corrected chi connectivity index (χ3v) is 1.82. The van der Waals surface area contributed by atoms with Crippen molar-refractivity contribution in [2.24, 2.45) is 0 Å². The van der Waals surface area contributed by atoms with Crippen LogP contribution in [-0.2, 0) is 9.53 Å². The van der Waals surface area contributed by atoms with Crippen LogP contribution in [0, 0.1) is 0 Å². The maximum Gasteiger partial charge on any atom is 0.139 e. The number of carbonyl (C=O) groups is 1. The molecule has 13 heavy (non-hydrogen) atoms. The average Bonchev–Trinajstić information content (AvgIpc) is 2.12. The monoisotopic (exact) mass is 184 g/mol. The average molecular weight is 184 g/mol. The summed E-state index contributed by atoms with van der Waals surface area (Å²) in [5.74, 6) is 0.239. The molecule has 0 aromatic carbocycles. The van der Waals surface area contributed by atoms with Gasteiger partial charge in [0.1, 0.15) is 5.78 Å². The van der Waals surface area contributed by atoms with E-state index in [0.717, 1.165) is 25.0 Å². The molecular formula is C11H20O2. The molecule has 0 radical (unpaired) electrons. The van der Waals surface area contributed by atoms with Crippen LogP contribution in [0.4, 0.5) is 0 Å². The number of hydrogen-bond donors (Lipinski definition) is 0. The molecule has 0 heterocycles. The van der Waals surface area contributed by atoms with Crippen molar-refractivity contribution in [2.75, 3.05) is 13.2 Å². The van der Waals surface area contributed by atoms with Gasteiger partial charge in [0, 0.05) is 19.4 Å². The van der Waals surface area contributed by atoms with Gasteiger partial charge in [-0.1, -0.05) is 26.0 Å². The third-order valence-electron chi connectivity index (χ3n) is 1.82. The number of Topliss-reactive ketones (excluding diaryl/α,β-unsaturated/α-hetero) is 1. The molecule has 0 fully saturated rings. The van der Waals surface area contributed by atoms with E-state index in [1.807, 2.05) is 6.92 Å². The van der Waals surface area contributed by atoms with Gasteiger partial charge in [-0.25, -0.2) is 0 Å². The zero-order valence-corrected chi connectivity index (χ0v) is 8.77. The minimum absolute atomic E-state index is 0.239. The predicted molar refractivity (Wildman–Crippen MR) is 54.8 cm³/mol. The Balaban J connectivity index is 3.35. The van der Waals surface area contributed by atoms with Crippen molar-refractivity contribution in [1.82, 2.24) is 0 Å². The van der Waals surface area contributed by atoms with Crippen LogP contribution < -0.4 is 0 Å². The summed E-state index contributed by atoms with van der Waals surface area (Å²) in [5.41, 5.74) is 1.01. The van der Waals surface area contributed by atoms with Crippen molar-refractivity contribution in [3.05, 3.63) is 12.2 Å². The number of ketones is 1. The molecule has 0 bridgehead atoms. The van der Waals surface area contributed by atoms with Crippen LogP contribution in [0.1, 0.15) is 39.5 Å². The number of ether oxygens (including phenoxy) is 1. The van der Waals surface area contributed by atoms with Gasteiger partial charge in [-0.2, -0.15) is 0 Å². The van der Waals surface area contributed by atoms with Gasteiger partial charge in [0.05, 0.1) is 6.61 Å². The van der Waals surface area contributed by atoms with Gasteiger partial charge >= 0.3 is 0 Å². The molecule has 0 aliphatic rings. The summed E-state index contributed by atoms with van der Waals surface area (Å²) >= 11 is 0. The highest BCUT2D eigenvalue weighted by atomic mass is 16.5. The maximum absolute atomic E-state index is 11.2. The number of allylic oxidation sites excluding steroid dienone is 1. The highest BCUT2D eigenvalue weighted by molar-refractivity contribution is 5.80. The first-order valence-electron chi connectivity index (χ1n) is 4.96. The molecule has 0 aromatic rings. The Hall–Kier alpha value is -0.630. The zero-order chi connectivity index (χ0) is 10.1. The van der Waals surface area contributed by atoms with Crippen molar-refractivity contribution in [3.8, 4) is 0 Å². The Morgan fingerprint density at radius 2 is 2.00 bits per heavy atom. The second-order valence-corrected chi connectivity index (χ2v) is 3.18. The van der Waals surface area contributed by atoms with Crippen LogP contribution >= 0.6 is 0 Å². The molecule has 0 aliphatic heterocycles. The van der Waals surface area contributed by atoms with E-state index in [-0.39, 0.29) is 5.78 Å². The fourth-order valence-electron chi connectivity index (χ4n) is 0.925. The molecule has 2 heteroatoms. The van der Waals surface area contributed by atoms with E-state index in [0.29, 0.717) is 19.4 Å². The second-order valence-electron chi connectivity index (χ2n) is 3.18. The van der Waals surface area contributed by atoms with Crippen LogP contribution in [-0.4, -0.2) is 19.0 Å². The van der Waals surface area contributed by atoms with Crippen molar-refractivity contribution >= 4 is 5.78 Å². The Morgan fingerprint density at radius 1 is 1.31 bits per heavy atom. The molecule has 0 unspecified atom stereocenters. The van der Waals surface area contributed by atoms with Crippen LogP contribution in [0.15, 0.2) is 12.2 Å². The number of carbonyl (C=O) groups excluding carboxylic acids is 1. The van der Waals surface area contributed by atoms with Gasteiger partial charge in [0.15, 0.2) is 0 Å². The third kappa shape index (κ3) is 7.72. The van der Waals surface area contributed by atoms with Gasteiger partial charge in [0.25, 0.3) is 0 Å². The first kappa shape index (κ1) is 12.4. The van der Waals surface area contributed by atoms with Gasteiger partial charge in [-0.15, -0.1) is 0 Å². The van der Waals surface area contributed by atoms with Crippen LogP contribution in [0.3, 0.4) is 0 Å². The van der Waals surface area contributed by atoms with Crippen LogP contribution in [0.5, 0.6) is 0 Å². The molecule has 0 saturated heterocycles. The van der Waals surface area contributed by atoms with E-state index in [4.69, 9.17) is 4.74 Å². The Morgan fingerprint density at radius 3 is 2.54 bits per heavy atom. The summed E-state index contributed by atoms with van der Waals surface area (Å²) in [4.78, 5) is 11.2. The highest BCUT2D eigenvalue weighted by Gasteiger charge is 2.02. The van der Waals surface area contributed by atoms with E-state index >= 15 is 0 Å². The fourth-order valence-corrected chi connectivity index (χ4v) is 0.925. The molecule has 0 N–H and O–H groups in total. The Kier molecular flexibility index (Phi) is 7.60. The summed E-state index contributed by atoms with van der Waals surface area (Å²) in [6.45, 7) is 9.18. The number of hydrogen-bond acceptors (Lipinski definition) is 2. The normalized spacial score (nSPS) is 10.0. The standard InChI is InChI=1S/C11H20O2/c1-4-7-13-8-6-11(12)9-10(3)5-2/h3-9H2,1-2H3. The van der Waals surface area contributed by atoms with Crippen molar-refractivity contribution in [3.63, 3.8) is 0 Å². The molecule has 76 valence electrons. The molecule has 0 saturated carbocycles. The number of rotatable bonds is 8. The SMILES string of the molecule is C=C(CC)CC(=O)CCOCCC. The van der Waals surface area contributed by atoms with E-state index < -0.39 is 0 Å². The van der Waals surface area contributed by atoms with Gasteiger partial charge in [0.2, 0.25) is 0 Å². The van der Waals surface area contributed by atoms with Gasteiger partial charge in [-0.05, 0) is 12.8 Å². The molecule has 0 aliphatic carbocycles. The lowest BCUT2D eigenvalue weighted by atomic mass is 10.1. The summed E-state index contributed by atoms with van der Waals surface area (Å²) in [6, 6.07) is 0. The molecule has 0 rings (SSSR count). The van der Waals surface area contributed by atoms with E-state index in [1.165, 1.54) is 0 Å². The minimum atomic E-state index is 0.239. The smallest absolute Gasteiger partial charge is 0.139 e. The van der Waals surface area contributed by atoms with Crippen molar-refractivity contribution in [2.45, 2.75) is 39.5 Å². The van der Waals surface area contributed by atoms with E-state index in [9.17, 15) is 4.79 Å². The summed E-state index contributed by atoms with van der Waals surface area (Å²) in [6.07, 6.45) is 2.95. The predicted octanol–water partition coefficient (Wildman–Crippen LogP) is 2.73. The second kappa shape index (κ2) is 7.99. The maximum atomic E-state index is 11.2. The summed E-state index contributed by atoms with van der Waals surface area (Å²) < 4.78 is 5.22. The first-order chi connectivity index (χ1) is 6.20. The van der Waals surface area contributed by atoms with Crippen LogP contribution in [0.25, 0.3) is 0 Å². The lowest BCUT2D eigenvalue weighted by Crippen LogP contribution is -2.05. The summed E-state index contributed by atoms with van der Waals surface area (Å²) in [7, 11) is 0. The molecule has 0 atom stereocenters. The van der Waals surface area contributed by atoms with Crippen molar-refractivity contribution in [1.29, 1.82) is 0 Å². The molecule has 2 nitrogen and oxygen atoms in total. The molecule has 0 spiro atoms. The largest absolute Gasteiger partial charge is 0.381 e. The topological polar surface area (TPSA) is 26.3 Å². The van der Waals surface area contributed by atoms with Gasteiger partial charge < -0.3 is 4.74 Å². The van der Waals surface area contributed by atoms with Crippen LogP contribution in [0.2, 0.25) is 0 Å². The van der Waals surface area contributed by atoms with Gasteiger partial charge in [-0.3, -0.25) is 4.79 Å². The Bertz CT molecular complexity index is 161. The fraction of sp³-hybridized carbons (Fsp3) is 0.727. The Labute approximate surface area is 81.0 Å². The zero-order valence-electron chi connectivity index (χ0n) is 8.77. The van der Waals surface area contributed by atoms with Crippen molar-refractivity contribution < 1.29 is 9.53 Å². The lowest BCUT2D eigenvalue weighted by Gasteiger charge is -2.02. The summed E-state index contributed by atoms with van der Waals surface area (Å²) in [5, 5.41) is 0. The quantitative estimate of drug-likeness (QED) is 0.428. The first-order valence-corrected chi connectivity index (χ1v) is 4.96. The minimum Gasteiger partial charge on any atom is -0.381 e. The van der Waals surface area contributed by atoms with E-state index in [2.05, 4.69) is 13.5 Å². The lowest BCUT2D eigenvalue weighted by molar-refractivity contribution is -0.119. The van der Waals surface area contributed by atoms with E-state index in [1.54, 1.807) is 0 Å². The molecular weight excluding hydrogens is 164 g/mol. The molecule has 0 amide bonds.